The van der Waals surface area contributed by atoms with Crippen LogP contribution in [0.5, 0.6) is 0 Å². The fraction of sp³-hybridized carbons (Fsp3) is 0.200. The molecule has 2 aliphatic heterocycles. The third kappa shape index (κ3) is 9.40. The van der Waals surface area contributed by atoms with E-state index in [1.54, 1.807) is 12.4 Å². The molecular formula is C20H22Cl2N6Ni. The van der Waals surface area contributed by atoms with Gasteiger partial charge in [0.05, 0.1) is 24.5 Å². The topological polar surface area (TPSA) is 38.7 Å². The summed E-state index contributed by atoms with van der Waals surface area (Å²) in [5, 5.41) is 0. The number of hydrogen-bond acceptors (Lipinski definition) is 6. The van der Waals surface area contributed by atoms with Crippen LogP contribution in [0.25, 0.3) is 0 Å². The molecule has 6 nitrogen and oxygen atoms in total. The first-order chi connectivity index (χ1) is 14.1. The molecule has 4 rings (SSSR count). The van der Waals surface area contributed by atoms with Gasteiger partial charge in [0.25, 0.3) is 0 Å². The second-order valence-corrected chi connectivity index (χ2v) is 7.59. The molecule has 0 N–H and O–H groups in total. The van der Waals surface area contributed by atoms with E-state index >= 15 is 0 Å². The summed E-state index contributed by atoms with van der Waals surface area (Å²) >= 11 is 0.569. The Bertz CT molecular complexity index is 684. The van der Waals surface area contributed by atoms with E-state index < -0.39 is 0 Å². The standard InChI is InChI=1S/2C10H11N3.2ClH.Ni/c2*1-12-6-7-13(9-12)8-10-4-2-3-5-11-10;;;/h2*2-7H,8H2,1H3;2*1H;/q;;;;+2/p-2. The number of pyridine rings is 2. The minimum atomic E-state index is 0.569. The molecule has 2 aromatic heterocycles. The van der Waals surface area contributed by atoms with Gasteiger partial charge in [0.2, 0.25) is 13.3 Å². The van der Waals surface area contributed by atoms with Gasteiger partial charge in [-0.3, -0.25) is 9.97 Å². The van der Waals surface area contributed by atoms with Crippen molar-refractivity contribution in [3.05, 3.63) is 98.3 Å². The summed E-state index contributed by atoms with van der Waals surface area (Å²) in [5.41, 5.74) is 2.10. The predicted molar refractivity (Wildman–Crippen MR) is 112 cm³/mol. The SMILES string of the molecule is CN1[C]N(Cc2ccccn2)C=C1.CN1[C]N(Cc2ccccn2)C=C1.[Cl][Ni][Cl]. The van der Waals surface area contributed by atoms with E-state index in [4.69, 9.17) is 20.4 Å². The van der Waals surface area contributed by atoms with Crippen LogP contribution in [0.4, 0.5) is 0 Å². The van der Waals surface area contributed by atoms with Crippen LogP contribution in [-0.2, 0) is 25.7 Å². The average molecular weight is 476 g/mol. The van der Waals surface area contributed by atoms with Crippen molar-refractivity contribution < 1.29 is 12.7 Å². The van der Waals surface area contributed by atoms with Crippen LogP contribution in [0.1, 0.15) is 11.4 Å². The average Bonchev–Trinajstić information content (AvgIpc) is 3.32. The van der Waals surface area contributed by atoms with Crippen LogP contribution in [0.2, 0.25) is 0 Å². The maximum absolute atomic E-state index is 4.70. The van der Waals surface area contributed by atoms with Gasteiger partial charge < -0.3 is 19.6 Å². The van der Waals surface area contributed by atoms with Crippen LogP contribution in [0, 0.1) is 13.3 Å². The monoisotopic (exact) mass is 474 g/mol. The van der Waals surface area contributed by atoms with Crippen molar-refractivity contribution in [2.45, 2.75) is 13.1 Å². The molecule has 0 unspecified atom stereocenters. The summed E-state index contributed by atoms with van der Waals surface area (Å²) in [7, 11) is 13.3. The van der Waals surface area contributed by atoms with Crippen LogP contribution in [-0.4, -0.2) is 43.7 Å². The van der Waals surface area contributed by atoms with Gasteiger partial charge in [-0.2, -0.15) is 0 Å². The van der Waals surface area contributed by atoms with Crippen LogP contribution < -0.4 is 0 Å². The number of halogens is 2. The Morgan fingerprint density at radius 3 is 1.45 bits per heavy atom. The molecule has 0 fully saturated rings. The Morgan fingerprint density at radius 1 is 0.759 bits per heavy atom. The van der Waals surface area contributed by atoms with E-state index in [2.05, 4.69) is 23.3 Å². The normalized spacial score (nSPS) is 14.6. The summed E-state index contributed by atoms with van der Waals surface area (Å²) in [6.45, 7) is 7.79. The molecule has 0 saturated heterocycles. The van der Waals surface area contributed by atoms with Gasteiger partial charge in [-0.15, -0.1) is 0 Å². The molecule has 0 aliphatic carbocycles. The van der Waals surface area contributed by atoms with Crippen molar-refractivity contribution in [2.75, 3.05) is 14.1 Å². The van der Waals surface area contributed by atoms with E-state index in [1.165, 1.54) is 0 Å². The third-order valence-electron chi connectivity index (χ3n) is 3.63. The van der Waals surface area contributed by atoms with E-state index in [1.807, 2.05) is 94.9 Å². The Labute approximate surface area is 187 Å². The first-order valence-corrected chi connectivity index (χ1v) is 11.3. The maximum atomic E-state index is 4.70. The quantitative estimate of drug-likeness (QED) is 0.623. The molecular weight excluding hydrogens is 454 g/mol. The van der Waals surface area contributed by atoms with Gasteiger partial charge in [0, 0.05) is 51.3 Å². The molecule has 2 aliphatic rings. The zero-order valence-electron chi connectivity index (χ0n) is 16.1. The number of rotatable bonds is 4. The molecule has 156 valence electrons. The molecule has 29 heavy (non-hydrogen) atoms. The van der Waals surface area contributed by atoms with Crippen molar-refractivity contribution >= 4 is 20.4 Å². The summed E-state index contributed by atoms with van der Waals surface area (Å²) in [6.07, 6.45) is 11.5. The molecule has 9 heteroatoms. The van der Waals surface area contributed by atoms with Crippen molar-refractivity contribution in [1.29, 1.82) is 0 Å². The van der Waals surface area contributed by atoms with E-state index in [0.717, 1.165) is 24.5 Å². The van der Waals surface area contributed by atoms with Crippen LogP contribution in [0.15, 0.2) is 73.6 Å². The van der Waals surface area contributed by atoms with E-state index in [0.29, 0.717) is 12.7 Å². The summed E-state index contributed by atoms with van der Waals surface area (Å²) in [4.78, 5) is 16.2. The van der Waals surface area contributed by atoms with Gasteiger partial charge in [0.1, 0.15) is 0 Å². The molecule has 0 amide bonds. The molecule has 0 bridgehead atoms. The summed E-state index contributed by atoms with van der Waals surface area (Å²) < 4.78 is 0. The molecule has 0 saturated carbocycles. The zero-order chi connectivity index (χ0) is 20.9. The first kappa shape index (κ1) is 23.3. The Balaban J connectivity index is 0.000000183. The van der Waals surface area contributed by atoms with E-state index in [9.17, 15) is 0 Å². The number of hydrogen-bond donors (Lipinski definition) is 0. The Hall–Kier alpha value is -1.95. The van der Waals surface area contributed by atoms with Crippen molar-refractivity contribution in [3.63, 3.8) is 0 Å². The molecule has 4 heterocycles. The van der Waals surface area contributed by atoms with Crippen molar-refractivity contribution in [3.8, 4) is 0 Å². The minimum absolute atomic E-state index is 0.569. The number of aromatic nitrogens is 2. The Kier molecular flexibility index (Phi) is 10.7. The van der Waals surface area contributed by atoms with Crippen molar-refractivity contribution in [1.82, 2.24) is 29.6 Å². The first-order valence-electron chi connectivity index (χ1n) is 8.61. The Morgan fingerprint density at radius 2 is 1.17 bits per heavy atom. The predicted octanol–water partition coefficient (Wildman–Crippen LogP) is 3.97. The van der Waals surface area contributed by atoms with Crippen LogP contribution in [0.3, 0.4) is 0 Å². The molecule has 0 atom stereocenters. The van der Waals surface area contributed by atoms with Gasteiger partial charge in [-0.1, -0.05) is 12.1 Å². The summed E-state index contributed by atoms with van der Waals surface area (Å²) in [6, 6.07) is 11.8. The molecule has 0 aromatic carbocycles. The van der Waals surface area contributed by atoms with Gasteiger partial charge in [0.15, 0.2) is 0 Å². The molecule has 0 spiro atoms. The summed E-state index contributed by atoms with van der Waals surface area (Å²) in [5.74, 6) is 0. The number of nitrogens with zero attached hydrogens (tertiary/aromatic N) is 6. The van der Waals surface area contributed by atoms with Gasteiger partial charge in [-0.25, -0.2) is 0 Å². The second kappa shape index (κ2) is 13.3. The van der Waals surface area contributed by atoms with Crippen LogP contribution >= 0.6 is 20.4 Å². The van der Waals surface area contributed by atoms with Gasteiger partial charge in [-0.05, 0) is 24.3 Å². The zero-order valence-corrected chi connectivity index (χ0v) is 18.6. The second-order valence-electron chi connectivity index (χ2n) is 5.96. The fourth-order valence-corrected chi connectivity index (χ4v) is 2.41. The van der Waals surface area contributed by atoms with Gasteiger partial charge >= 0.3 is 33.0 Å². The molecule has 2 aromatic rings. The molecule has 4 radical (unpaired) electrons. The van der Waals surface area contributed by atoms with Crippen molar-refractivity contribution in [2.24, 2.45) is 0 Å². The van der Waals surface area contributed by atoms with E-state index in [-0.39, 0.29) is 0 Å². The fourth-order valence-electron chi connectivity index (χ4n) is 2.41. The third-order valence-corrected chi connectivity index (χ3v) is 3.63.